The Labute approximate surface area is 108 Å². The van der Waals surface area contributed by atoms with Gasteiger partial charge in [-0.2, -0.15) is 0 Å². The predicted molar refractivity (Wildman–Crippen MR) is 69.9 cm³/mol. The van der Waals surface area contributed by atoms with Crippen molar-refractivity contribution in [1.29, 1.82) is 0 Å². The number of nitrogens with zero attached hydrogens (tertiary/aromatic N) is 1. The van der Waals surface area contributed by atoms with Crippen LogP contribution in [0.3, 0.4) is 0 Å². The van der Waals surface area contributed by atoms with Gasteiger partial charge in [0.1, 0.15) is 5.75 Å². The van der Waals surface area contributed by atoms with E-state index in [2.05, 4.69) is 4.98 Å². The molecular formula is C13H14N2O4. The Morgan fingerprint density at radius 1 is 1.42 bits per heavy atom. The van der Waals surface area contributed by atoms with E-state index in [4.69, 9.17) is 9.47 Å². The molecule has 19 heavy (non-hydrogen) atoms. The van der Waals surface area contributed by atoms with Crippen LogP contribution in [0.25, 0.3) is 10.9 Å². The van der Waals surface area contributed by atoms with Crippen LogP contribution < -0.4 is 16.0 Å². The Kier molecular flexibility index (Phi) is 2.87. The number of hydrogen-bond acceptors (Lipinski definition) is 4. The average molecular weight is 262 g/mol. The quantitative estimate of drug-likeness (QED) is 0.862. The second-order valence-electron chi connectivity index (χ2n) is 4.53. The summed E-state index contributed by atoms with van der Waals surface area (Å²) in [5.41, 5.74) is -0.192. The van der Waals surface area contributed by atoms with Crippen LogP contribution in [0.15, 0.2) is 27.8 Å². The minimum absolute atomic E-state index is 0.178. The molecule has 2 heterocycles. The fourth-order valence-electron chi connectivity index (χ4n) is 2.40. The van der Waals surface area contributed by atoms with Gasteiger partial charge in [-0.1, -0.05) is 0 Å². The van der Waals surface area contributed by atoms with Crippen LogP contribution in [0.2, 0.25) is 0 Å². The Morgan fingerprint density at radius 2 is 2.26 bits per heavy atom. The van der Waals surface area contributed by atoms with Crippen LogP contribution in [0.1, 0.15) is 12.5 Å². The highest BCUT2D eigenvalue weighted by molar-refractivity contribution is 5.78. The zero-order valence-electron chi connectivity index (χ0n) is 10.5. The number of ether oxygens (including phenoxy) is 2. The molecule has 1 aliphatic rings. The van der Waals surface area contributed by atoms with Gasteiger partial charge < -0.3 is 14.5 Å². The molecule has 1 aromatic heterocycles. The van der Waals surface area contributed by atoms with Crippen molar-refractivity contribution in [2.24, 2.45) is 0 Å². The fraction of sp³-hybridized carbons (Fsp3) is 0.385. The summed E-state index contributed by atoms with van der Waals surface area (Å²) in [6.07, 6.45) is 0.685. The third-order valence-corrected chi connectivity index (χ3v) is 3.41. The maximum Gasteiger partial charge on any atom is 0.329 e. The SMILES string of the molecule is COc1ccc2c(=O)n(C3CCOC3)c(=O)[nH]c2c1. The molecule has 0 saturated carbocycles. The van der Waals surface area contributed by atoms with E-state index in [9.17, 15) is 9.59 Å². The Bertz CT molecular complexity index is 725. The van der Waals surface area contributed by atoms with Gasteiger partial charge in [-0.3, -0.25) is 9.36 Å². The van der Waals surface area contributed by atoms with Gasteiger partial charge in [0.25, 0.3) is 5.56 Å². The third kappa shape index (κ3) is 1.94. The highest BCUT2D eigenvalue weighted by Gasteiger charge is 2.22. The van der Waals surface area contributed by atoms with Crippen LogP contribution in [-0.4, -0.2) is 29.9 Å². The number of aromatic amines is 1. The van der Waals surface area contributed by atoms with Crippen molar-refractivity contribution in [1.82, 2.24) is 9.55 Å². The summed E-state index contributed by atoms with van der Waals surface area (Å²) in [6.45, 7) is 0.988. The van der Waals surface area contributed by atoms with Gasteiger partial charge in [0.15, 0.2) is 0 Å². The largest absolute Gasteiger partial charge is 0.497 e. The van der Waals surface area contributed by atoms with E-state index in [-0.39, 0.29) is 11.6 Å². The molecule has 1 unspecified atom stereocenters. The average Bonchev–Trinajstić information content (AvgIpc) is 2.91. The molecule has 2 aromatic rings. The normalized spacial score (nSPS) is 18.9. The number of benzene rings is 1. The molecular weight excluding hydrogens is 248 g/mol. The van der Waals surface area contributed by atoms with E-state index in [1.54, 1.807) is 18.2 Å². The maximum atomic E-state index is 12.4. The highest BCUT2D eigenvalue weighted by atomic mass is 16.5. The van der Waals surface area contributed by atoms with Gasteiger partial charge in [0.05, 0.1) is 30.7 Å². The molecule has 100 valence electrons. The molecule has 0 spiro atoms. The molecule has 6 heteroatoms. The van der Waals surface area contributed by atoms with Gasteiger partial charge in [-0.25, -0.2) is 4.79 Å². The van der Waals surface area contributed by atoms with Crippen LogP contribution in [0.5, 0.6) is 5.75 Å². The van der Waals surface area contributed by atoms with E-state index in [0.29, 0.717) is 36.3 Å². The van der Waals surface area contributed by atoms with Gasteiger partial charge in [-0.15, -0.1) is 0 Å². The molecule has 1 saturated heterocycles. The molecule has 1 aromatic carbocycles. The summed E-state index contributed by atoms with van der Waals surface area (Å²) in [7, 11) is 1.54. The van der Waals surface area contributed by atoms with Crippen molar-refractivity contribution >= 4 is 10.9 Å². The van der Waals surface area contributed by atoms with Crippen molar-refractivity contribution in [3.63, 3.8) is 0 Å². The Morgan fingerprint density at radius 3 is 2.95 bits per heavy atom. The molecule has 6 nitrogen and oxygen atoms in total. The molecule has 3 rings (SSSR count). The second-order valence-corrected chi connectivity index (χ2v) is 4.53. The zero-order chi connectivity index (χ0) is 13.4. The highest BCUT2D eigenvalue weighted by Crippen LogP contribution is 2.18. The first kappa shape index (κ1) is 12.0. The number of aromatic nitrogens is 2. The number of methoxy groups -OCH3 is 1. The Balaban J connectivity index is 2.25. The minimum Gasteiger partial charge on any atom is -0.497 e. The number of nitrogens with one attached hydrogen (secondary N) is 1. The predicted octanol–water partition coefficient (Wildman–Crippen LogP) is 0.660. The fourth-order valence-corrected chi connectivity index (χ4v) is 2.40. The number of rotatable bonds is 2. The summed E-state index contributed by atoms with van der Waals surface area (Å²) in [4.78, 5) is 27.2. The lowest BCUT2D eigenvalue weighted by Gasteiger charge is -2.11. The summed E-state index contributed by atoms with van der Waals surface area (Å²) in [5.74, 6) is 0.601. The summed E-state index contributed by atoms with van der Waals surface area (Å²) in [5, 5.41) is 0.479. The molecule has 0 radical (unpaired) electrons. The number of H-pyrrole nitrogens is 1. The lowest BCUT2D eigenvalue weighted by molar-refractivity contribution is 0.185. The molecule has 1 atom stereocenters. The van der Waals surface area contributed by atoms with Crippen molar-refractivity contribution < 1.29 is 9.47 Å². The standard InChI is InChI=1S/C13H14N2O4/c1-18-9-2-3-10-11(6-9)14-13(17)15(12(10)16)8-4-5-19-7-8/h2-3,6,8H,4-5,7H2,1H3,(H,14,17). The summed E-state index contributed by atoms with van der Waals surface area (Å²) in [6, 6.07) is 4.84. The van der Waals surface area contributed by atoms with Crippen LogP contribution >= 0.6 is 0 Å². The first-order valence-corrected chi connectivity index (χ1v) is 6.11. The van der Waals surface area contributed by atoms with Gasteiger partial charge >= 0.3 is 5.69 Å². The van der Waals surface area contributed by atoms with E-state index < -0.39 is 5.69 Å². The first-order valence-electron chi connectivity index (χ1n) is 6.11. The Hall–Kier alpha value is -2.08. The summed E-state index contributed by atoms with van der Waals surface area (Å²) >= 11 is 0. The minimum atomic E-state index is -0.402. The van der Waals surface area contributed by atoms with E-state index in [0.717, 1.165) is 0 Å². The van der Waals surface area contributed by atoms with Crippen molar-refractivity contribution in [3.8, 4) is 5.75 Å². The molecule has 0 aliphatic carbocycles. The van der Waals surface area contributed by atoms with Crippen LogP contribution in [0.4, 0.5) is 0 Å². The lowest BCUT2D eigenvalue weighted by Crippen LogP contribution is -2.38. The number of hydrogen-bond donors (Lipinski definition) is 1. The third-order valence-electron chi connectivity index (χ3n) is 3.41. The number of fused-ring (bicyclic) bond motifs is 1. The second kappa shape index (κ2) is 4.55. The van der Waals surface area contributed by atoms with E-state index >= 15 is 0 Å². The van der Waals surface area contributed by atoms with Crippen molar-refractivity contribution in [2.45, 2.75) is 12.5 Å². The molecule has 0 bridgehead atoms. The van der Waals surface area contributed by atoms with Crippen molar-refractivity contribution in [3.05, 3.63) is 39.0 Å². The van der Waals surface area contributed by atoms with Gasteiger partial charge in [0, 0.05) is 12.7 Å². The molecule has 1 aliphatic heterocycles. The molecule has 1 N–H and O–H groups in total. The van der Waals surface area contributed by atoms with Gasteiger partial charge in [0.2, 0.25) is 0 Å². The maximum absolute atomic E-state index is 12.4. The van der Waals surface area contributed by atoms with Gasteiger partial charge in [-0.05, 0) is 18.6 Å². The van der Waals surface area contributed by atoms with Crippen LogP contribution in [-0.2, 0) is 4.74 Å². The van der Waals surface area contributed by atoms with E-state index in [1.165, 1.54) is 11.7 Å². The zero-order valence-corrected chi connectivity index (χ0v) is 10.5. The lowest BCUT2D eigenvalue weighted by atomic mass is 10.2. The first-order chi connectivity index (χ1) is 9.20. The van der Waals surface area contributed by atoms with Crippen molar-refractivity contribution in [2.75, 3.05) is 20.3 Å². The molecule has 1 fully saturated rings. The van der Waals surface area contributed by atoms with Crippen LogP contribution in [0, 0.1) is 0 Å². The molecule has 0 amide bonds. The van der Waals surface area contributed by atoms with E-state index in [1.807, 2.05) is 0 Å². The smallest absolute Gasteiger partial charge is 0.329 e. The topological polar surface area (TPSA) is 73.3 Å². The monoisotopic (exact) mass is 262 g/mol. The summed E-state index contributed by atoms with van der Waals surface area (Å²) < 4.78 is 11.6.